The van der Waals surface area contributed by atoms with E-state index in [0.29, 0.717) is 11.5 Å². The van der Waals surface area contributed by atoms with Gasteiger partial charge in [0, 0.05) is 5.57 Å². The fourth-order valence-corrected chi connectivity index (χ4v) is 4.40. The summed E-state index contributed by atoms with van der Waals surface area (Å²) in [6, 6.07) is 21.3. The van der Waals surface area contributed by atoms with Crippen LogP contribution in [0.1, 0.15) is 43.2 Å². The Hall–Kier alpha value is -2.86. The van der Waals surface area contributed by atoms with Crippen LogP contribution in [0, 0.1) is 17.2 Å². The average Bonchev–Trinajstić information content (AvgIpc) is 3.27. The molecule has 2 bridgehead atoms. The molecule has 0 heterocycles. The predicted octanol–water partition coefficient (Wildman–Crippen LogP) is 4.89. The van der Waals surface area contributed by atoms with Crippen LogP contribution in [0.15, 0.2) is 66.2 Å². The molecule has 0 unspecified atom stereocenters. The van der Waals surface area contributed by atoms with Crippen molar-refractivity contribution in [3.8, 4) is 6.07 Å². The molecule has 2 saturated carbocycles. The van der Waals surface area contributed by atoms with E-state index in [1.807, 2.05) is 60.7 Å². The number of nitrogens with zero attached hydrogens (tertiary/aromatic N) is 1. The molecule has 2 aromatic carbocycles. The Balaban J connectivity index is 1.76. The molecule has 2 fully saturated rings. The molecule has 0 saturated heterocycles. The molecule has 2 aliphatic rings. The van der Waals surface area contributed by atoms with E-state index < -0.39 is 5.97 Å². The number of benzene rings is 2. The summed E-state index contributed by atoms with van der Waals surface area (Å²) in [6.07, 6.45) is 5.05. The number of hydrogen-bond donors (Lipinski definition) is 0. The summed E-state index contributed by atoms with van der Waals surface area (Å²) in [4.78, 5) is 13.0. The maximum atomic E-state index is 13.0. The zero-order chi connectivity index (χ0) is 18.0. The van der Waals surface area contributed by atoms with Crippen LogP contribution in [-0.2, 0) is 9.53 Å². The zero-order valence-corrected chi connectivity index (χ0v) is 14.7. The van der Waals surface area contributed by atoms with Crippen LogP contribution in [-0.4, -0.2) is 11.6 Å². The smallest absolute Gasteiger partial charge is 0.350 e. The Morgan fingerprint density at radius 2 is 1.50 bits per heavy atom. The SMILES string of the molecule is N#CC(C(=O)OC12CCC(CC1)C2)=C(c1ccccc1)c1ccccc1. The summed E-state index contributed by atoms with van der Waals surface area (Å²) in [6.45, 7) is 0. The molecule has 0 amide bonds. The second-order valence-electron chi connectivity index (χ2n) is 7.31. The highest BCUT2D eigenvalue weighted by atomic mass is 16.6. The first kappa shape index (κ1) is 16.6. The highest BCUT2D eigenvalue weighted by Gasteiger charge is 2.48. The number of hydrogen-bond acceptors (Lipinski definition) is 3. The number of ether oxygens (including phenoxy) is 1. The van der Waals surface area contributed by atoms with Crippen molar-refractivity contribution < 1.29 is 9.53 Å². The quantitative estimate of drug-likeness (QED) is 0.451. The van der Waals surface area contributed by atoms with Gasteiger partial charge in [-0.05, 0) is 49.1 Å². The van der Waals surface area contributed by atoms with Gasteiger partial charge in [0.1, 0.15) is 17.2 Å². The van der Waals surface area contributed by atoms with Crippen LogP contribution in [0.3, 0.4) is 0 Å². The van der Waals surface area contributed by atoms with Crippen LogP contribution in [0.4, 0.5) is 0 Å². The molecule has 0 radical (unpaired) electrons. The Morgan fingerprint density at radius 3 is 1.92 bits per heavy atom. The van der Waals surface area contributed by atoms with Gasteiger partial charge < -0.3 is 4.74 Å². The van der Waals surface area contributed by atoms with E-state index in [9.17, 15) is 10.1 Å². The first-order valence-electron chi connectivity index (χ1n) is 9.19. The van der Waals surface area contributed by atoms with Crippen LogP contribution in [0.5, 0.6) is 0 Å². The van der Waals surface area contributed by atoms with E-state index in [-0.39, 0.29) is 11.2 Å². The minimum atomic E-state index is -0.488. The van der Waals surface area contributed by atoms with Crippen LogP contribution < -0.4 is 0 Å². The van der Waals surface area contributed by atoms with Crippen LogP contribution in [0.25, 0.3) is 5.57 Å². The van der Waals surface area contributed by atoms with Gasteiger partial charge in [0.15, 0.2) is 0 Å². The third kappa shape index (κ3) is 3.04. The predicted molar refractivity (Wildman–Crippen MR) is 99.9 cm³/mol. The lowest BCUT2D eigenvalue weighted by atomic mass is 9.93. The van der Waals surface area contributed by atoms with Crippen molar-refractivity contribution in [1.82, 2.24) is 0 Å². The van der Waals surface area contributed by atoms with Crippen molar-refractivity contribution in [3.05, 3.63) is 77.4 Å². The van der Waals surface area contributed by atoms with E-state index in [1.54, 1.807) is 0 Å². The Bertz CT molecular complexity index is 828. The van der Waals surface area contributed by atoms with Gasteiger partial charge in [0.25, 0.3) is 0 Å². The molecule has 0 spiro atoms. The van der Waals surface area contributed by atoms with Crippen LogP contribution in [0.2, 0.25) is 0 Å². The van der Waals surface area contributed by atoms with E-state index in [4.69, 9.17) is 4.74 Å². The second kappa shape index (κ2) is 6.80. The first-order chi connectivity index (χ1) is 12.7. The lowest BCUT2D eigenvalue weighted by Gasteiger charge is -2.27. The molecule has 2 aliphatic carbocycles. The van der Waals surface area contributed by atoms with Gasteiger partial charge in [-0.3, -0.25) is 0 Å². The molecule has 0 aliphatic heterocycles. The summed E-state index contributed by atoms with van der Waals surface area (Å²) in [7, 11) is 0. The molecule has 4 rings (SSSR count). The van der Waals surface area contributed by atoms with E-state index in [0.717, 1.165) is 43.2 Å². The minimum Gasteiger partial charge on any atom is -0.455 e. The molecule has 3 nitrogen and oxygen atoms in total. The molecule has 2 aromatic rings. The molecule has 0 atom stereocenters. The largest absolute Gasteiger partial charge is 0.455 e. The summed E-state index contributed by atoms with van der Waals surface area (Å²) in [5.41, 5.74) is 2.08. The highest BCUT2D eigenvalue weighted by molar-refractivity contribution is 6.05. The zero-order valence-electron chi connectivity index (χ0n) is 14.7. The van der Waals surface area contributed by atoms with Gasteiger partial charge in [0.2, 0.25) is 0 Å². The number of carbonyl (C=O) groups excluding carboxylic acids is 1. The van der Waals surface area contributed by atoms with Crippen molar-refractivity contribution in [2.45, 2.75) is 37.7 Å². The number of carbonyl (C=O) groups is 1. The highest BCUT2D eigenvalue weighted by Crippen LogP contribution is 2.50. The van der Waals surface area contributed by atoms with E-state index >= 15 is 0 Å². The fraction of sp³-hybridized carbons (Fsp3) is 0.304. The maximum Gasteiger partial charge on any atom is 0.350 e. The summed E-state index contributed by atoms with van der Waals surface area (Å²) in [5, 5.41) is 9.82. The number of fused-ring (bicyclic) bond motifs is 2. The lowest BCUT2D eigenvalue weighted by Crippen LogP contribution is -2.31. The van der Waals surface area contributed by atoms with Gasteiger partial charge in [-0.25, -0.2) is 4.79 Å². The van der Waals surface area contributed by atoms with Crippen molar-refractivity contribution in [2.75, 3.05) is 0 Å². The number of esters is 1. The standard InChI is InChI=1S/C23H21NO2/c24-16-20(22(25)26-23-13-11-17(15-23)12-14-23)21(18-7-3-1-4-8-18)19-9-5-2-6-10-19/h1-10,17H,11-15H2. The van der Waals surface area contributed by atoms with E-state index in [2.05, 4.69) is 6.07 Å². The molecule has 130 valence electrons. The Morgan fingerprint density at radius 1 is 0.962 bits per heavy atom. The van der Waals surface area contributed by atoms with Gasteiger partial charge in [-0.1, -0.05) is 60.7 Å². The van der Waals surface area contributed by atoms with Crippen LogP contribution >= 0.6 is 0 Å². The Kier molecular flexibility index (Phi) is 4.34. The summed E-state index contributed by atoms with van der Waals surface area (Å²) >= 11 is 0. The van der Waals surface area contributed by atoms with Crippen molar-refractivity contribution in [2.24, 2.45) is 5.92 Å². The molecule has 3 heteroatoms. The van der Waals surface area contributed by atoms with Gasteiger partial charge in [-0.15, -0.1) is 0 Å². The normalized spacial score (nSPS) is 23.3. The van der Waals surface area contributed by atoms with Gasteiger partial charge >= 0.3 is 5.97 Å². The topological polar surface area (TPSA) is 50.1 Å². The van der Waals surface area contributed by atoms with Crippen molar-refractivity contribution >= 4 is 11.5 Å². The monoisotopic (exact) mass is 343 g/mol. The molecule has 0 N–H and O–H groups in total. The minimum absolute atomic E-state index is 0.0899. The third-order valence-electron chi connectivity index (χ3n) is 5.68. The van der Waals surface area contributed by atoms with Crippen molar-refractivity contribution in [1.29, 1.82) is 5.26 Å². The molecular formula is C23H21NO2. The fourth-order valence-electron chi connectivity index (χ4n) is 4.40. The first-order valence-corrected chi connectivity index (χ1v) is 9.19. The van der Waals surface area contributed by atoms with E-state index in [1.165, 1.54) is 0 Å². The number of nitriles is 1. The lowest BCUT2D eigenvalue weighted by molar-refractivity contribution is -0.153. The van der Waals surface area contributed by atoms with Crippen molar-refractivity contribution in [3.63, 3.8) is 0 Å². The molecule has 26 heavy (non-hydrogen) atoms. The third-order valence-corrected chi connectivity index (χ3v) is 5.68. The van der Waals surface area contributed by atoms with Gasteiger partial charge in [0.05, 0.1) is 0 Å². The second-order valence-corrected chi connectivity index (χ2v) is 7.31. The number of rotatable bonds is 4. The van der Waals surface area contributed by atoms with Gasteiger partial charge in [-0.2, -0.15) is 5.26 Å². The summed E-state index contributed by atoms with van der Waals surface area (Å²) < 4.78 is 5.95. The molecule has 0 aromatic heterocycles. The average molecular weight is 343 g/mol. The Labute approximate surface area is 153 Å². The summed E-state index contributed by atoms with van der Waals surface area (Å²) in [5.74, 6) is 0.192. The maximum absolute atomic E-state index is 13.0. The molecular weight excluding hydrogens is 322 g/mol.